The lowest BCUT2D eigenvalue weighted by atomic mass is 9.68. The Kier molecular flexibility index (Phi) is 5.28. The van der Waals surface area contributed by atoms with E-state index in [4.69, 9.17) is 16.3 Å². The van der Waals surface area contributed by atoms with Gasteiger partial charge in [0.1, 0.15) is 11.7 Å². The van der Waals surface area contributed by atoms with Crippen LogP contribution in [0.25, 0.3) is 0 Å². The summed E-state index contributed by atoms with van der Waals surface area (Å²) in [6.45, 7) is 0. The molecule has 0 spiro atoms. The first-order valence-corrected chi connectivity index (χ1v) is 10.5. The lowest BCUT2D eigenvalue weighted by molar-refractivity contribution is -0.374. The van der Waals surface area contributed by atoms with Gasteiger partial charge in [-0.2, -0.15) is 13.2 Å². The smallest absolute Gasteiger partial charge is 0.456 e. The molecule has 0 radical (unpaired) electrons. The van der Waals surface area contributed by atoms with Crippen LogP contribution in [-0.4, -0.2) is 28.6 Å². The summed E-state index contributed by atoms with van der Waals surface area (Å²) in [4.78, 5) is 26.1. The maximum Gasteiger partial charge on any atom is 0.456 e. The molecule has 2 aromatic rings. The van der Waals surface area contributed by atoms with Gasteiger partial charge in [-0.3, -0.25) is 9.59 Å². The molecular weight excluding hydrogens is 441 g/mol. The number of aliphatic hydroxyl groups is 1. The van der Waals surface area contributed by atoms with E-state index in [1.807, 2.05) is 0 Å². The highest BCUT2D eigenvalue weighted by atomic mass is 35.5. The van der Waals surface area contributed by atoms with Crippen LogP contribution in [0.3, 0.4) is 0 Å². The van der Waals surface area contributed by atoms with Crippen molar-refractivity contribution in [3.05, 3.63) is 68.6 Å². The number of ketones is 2. The molecule has 4 rings (SSSR count). The number of allylic oxidation sites excluding steroid dienone is 2. The Balaban J connectivity index is 1.98. The van der Waals surface area contributed by atoms with Crippen molar-refractivity contribution in [1.82, 2.24) is 0 Å². The van der Waals surface area contributed by atoms with E-state index in [1.165, 1.54) is 36.4 Å². The molecule has 1 aliphatic carbocycles. The zero-order valence-corrected chi connectivity index (χ0v) is 17.0. The van der Waals surface area contributed by atoms with Crippen molar-refractivity contribution in [3.8, 4) is 0 Å². The molecule has 0 bridgehead atoms. The van der Waals surface area contributed by atoms with Crippen LogP contribution in [0.5, 0.6) is 0 Å². The van der Waals surface area contributed by atoms with Gasteiger partial charge in [-0.1, -0.05) is 29.8 Å². The van der Waals surface area contributed by atoms with Gasteiger partial charge in [0.25, 0.3) is 0 Å². The highest BCUT2D eigenvalue weighted by Gasteiger charge is 2.69. The molecule has 4 nitrogen and oxygen atoms in total. The van der Waals surface area contributed by atoms with Crippen LogP contribution in [0.1, 0.15) is 40.4 Å². The first-order valence-electron chi connectivity index (χ1n) is 9.21. The second-order valence-electron chi connectivity index (χ2n) is 7.26. The van der Waals surface area contributed by atoms with Crippen LogP contribution in [-0.2, 0) is 9.53 Å². The molecule has 1 N–H and O–H groups in total. The predicted octanol–water partition coefficient (Wildman–Crippen LogP) is 5.27. The third-order valence-corrected chi connectivity index (χ3v) is 6.57. The summed E-state index contributed by atoms with van der Waals surface area (Å²) in [5, 5.41) is 12.7. The van der Waals surface area contributed by atoms with Crippen molar-refractivity contribution in [3.63, 3.8) is 0 Å². The lowest BCUT2D eigenvalue weighted by Crippen LogP contribution is -2.60. The largest absolute Gasteiger partial charge is 0.457 e. The summed E-state index contributed by atoms with van der Waals surface area (Å²) in [6, 6.07) is 8.79. The fraction of sp³-hybridized carbons (Fsp3) is 0.333. The van der Waals surface area contributed by atoms with Crippen LogP contribution in [0, 0.1) is 5.92 Å². The third kappa shape index (κ3) is 3.36. The molecule has 158 valence electrons. The van der Waals surface area contributed by atoms with E-state index in [0.29, 0.717) is 11.4 Å². The number of Topliss-reactive ketones (excluding diaryl/α,β-unsaturated/α-hetero) is 2. The minimum atomic E-state index is -5.27. The topological polar surface area (TPSA) is 63.6 Å². The van der Waals surface area contributed by atoms with Crippen molar-refractivity contribution in [2.75, 3.05) is 0 Å². The number of alkyl halides is 3. The molecule has 30 heavy (non-hydrogen) atoms. The quantitative estimate of drug-likeness (QED) is 0.639. The van der Waals surface area contributed by atoms with Gasteiger partial charge in [0.05, 0.1) is 4.88 Å². The first kappa shape index (κ1) is 21.1. The fourth-order valence-corrected chi connectivity index (χ4v) is 4.93. The van der Waals surface area contributed by atoms with Gasteiger partial charge >= 0.3 is 12.0 Å². The zero-order valence-electron chi connectivity index (χ0n) is 15.4. The molecular formula is C21H16ClF3O4S. The summed E-state index contributed by atoms with van der Waals surface area (Å²) in [5.74, 6) is -8.70. The molecule has 0 amide bonds. The minimum absolute atomic E-state index is 0.0207. The number of hydrogen-bond donors (Lipinski definition) is 1. The van der Waals surface area contributed by atoms with Crippen LogP contribution in [0.4, 0.5) is 13.2 Å². The van der Waals surface area contributed by atoms with E-state index in [0.717, 1.165) is 11.3 Å². The SMILES string of the molecule is O=C1CCCC2=C1C(c1ccc(Cl)cc1)C(C(=O)c1cccs1)C(O)(C(F)(F)F)O2. The molecule has 2 aliphatic rings. The molecule has 9 heteroatoms. The maximum absolute atomic E-state index is 14.1. The monoisotopic (exact) mass is 456 g/mol. The second-order valence-corrected chi connectivity index (χ2v) is 8.64. The normalized spacial score (nSPS) is 26.9. The van der Waals surface area contributed by atoms with Gasteiger partial charge in [-0.25, -0.2) is 0 Å². The Labute approximate surface area is 178 Å². The number of rotatable bonds is 3. The fourth-order valence-electron chi connectivity index (χ4n) is 4.10. The highest BCUT2D eigenvalue weighted by Crippen LogP contribution is 2.54. The van der Waals surface area contributed by atoms with Crippen LogP contribution < -0.4 is 0 Å². The van der Waals surface area contributed by atoms with E-state index < -0.39 is 29.6 Å². The number of hydrogen-bond acceptors (Lipinski definition) is 5. The molecule has 0 fully saturated rings. The second kappa shape index (κ2) is 7.51. The first-order chi connectivity index (χ1) is 14.1. The molecule has 1 aliphatic heterocycles. The van der Waals surface area contributed by atoms with E-state index in [2.05, 4.69) is 0 Å². The van der Waals surface area contributed by atoms with Crippen molar-refractivity contribution in [1.29, 1.82) is 0 Å². The Morgan fingerprint density at radius 1 is 1.20 bits per heavy atom. The minimum Gasteiger partial charge on any atom is -0.457 e. The molecule has 0 saturated heterocycles. The molecule has 1 aromatic heterocycles. The number of carbonyl (C=O) groups is 2. The number of thiophene rings is 1. The Bertz CT molecular complexity index is 1010. The van der Waals surface area contributed by atoms with E-state index in [1.54, 1.807) is 5.38 Å². The number of halogens is 4. The third-order valence-electron chi connectivity index (χ3n) is 5.43. The van der Waals surface area contributed by atoms with E-state index in [9.17, 15) is 27.9 Å². The zero-order chi connectivity index (χ0) is 21.7. The van der Waals surface area contributed by atoms with Gasteiger partial charge in [-0.05, 0) is 35.6 Å². The van der Waals surface area contributed by atoms with Crippen molar-refractivity contribution in [2.24, 2.45) is 5.92 Å². The van der Waals surface area contributed by atoms with Gasteiger partial charge in [-0.15, -0.1) is 11.3 Å². The van der Waals surface area contributed by atoms with Gasteiger partial charge in [0, 0.05) is 29.4 Å². The summed E-state index contributed by atoms with van der Waals surface area (Å²) in [5.41, 5.74) is 0.301. The summed E-state index contributed by atoms with van der Waals surface area (Å²) >= 11 is 6.89. The Morgan fingerprint density at radius 3 is 2.50 bits per heavy atom. The molecule has 3 atom stereocenters. The average Bonchev–Trinajstić information content (AvgIpc) is 3.21. The van der Waals surface area contributed by atoms with Crippen LogP contribution >= 0.6 is 22.9 Å². The molecule has 1 aromatic carbocycles. The highest BCUT2D eigenvalue weighted by molar-refractivity contribution is 7.12. The Hall–Kier alpha value is -2.16. The maximum atomic E-state index is 14.1. The summed E-state index contributed by atoms with van der Waals surface area (Å²) in [7, 11) is 0. The lowest BCUT2D eigenvalue weighted by Gasteiger charge is -2.46. The van der Waals surface area contributed by atoms with E-state index >= 15 is 0 Å². The van der Waals surface area contributed by atoms with Crippen molar-refractivity contribution in [2.45, 2.75) is 37.1 Å². The average molecular weight is 457 g/mol. The number of benzene rings is 1. The van der Waals surface area contributed by atoms with Gasteiger partial charge in [0.2, 0.25) is 0 Å². The predicted molar refractivity (Wildman–Crippen MR) is 104 cm³/mol. The van der Waals surface area contributed by atoms with Crippen LogP contribution in [0.2, 0.25) is 5.02 Å². The molecule has 0 saturated carbocycles. The molecule has 2 heterocycles. The van der Waals surface area contributed by atoms with Crippen LogP contribution in [0.15, 0.2) is 53.1 Å². The molecule has 3 unspecified atom stereocenters. The standard InChI is InChI=1S/C21H16ClF3O4S/c22-12-8-6-11(7-9-12)16-17-13(26)3-1-4-14(17)29-20(28,21(23,24)25)18(16)19(27)15-5-2-10-30-15/h2,5-10,16,18,28H,1,3-4H2. The van der Waals surface area contributed by atoms with E-state index in [-0.39, 0.29) is 40.4 Å². The van der Waals surface area contributed by atoms with Crippen molar-refractivity contribution < 1.29 is 32.6 Å². The van der Waals surface area contributed by atoms with Gasteiger partial charge in [0.15, 0.2) is 11.6 Å². The van der Waals surface area contributed by atoms with Crippen molar-refractivity contribution >= 4 is 34.5 Å². The number of ether oxygens (including phenoxy) is 1. The summed E-state index contributed by atoms with van der Waals surface area (Å²) < 4.78 is 47.5. The Morgan fingerprint density at radius 2 is 1.90 bits per heavy atom. The summed E-state index contributed by atoms with van der Waals surface area (Å²) in [6.07, 6.45) is -4.75. The number of carbonyl (C=O) groups excluding carboxylic acids is 2. The van der Waals surface area contributed by atoms with Gasteiger partial charge < -0.3 is 9.84 Å².